The second kappa shape index (κ2) is 6.55. The van der Waals surface area contributed by atoms with Crippen molar-refractivity contribution in [3.05, 3.63) is 59.8 Å². The zero-order chi connectivity index (χ0) is 20.3. The van der Waals surface area contributed by atoms with Gasteiger partial charge in [-0.15, -0.1) is 0 Å². The molecule has 1 aliphatic carbocycles. The second-order valence-electron chi connectivity index (χ2n) is 9.71. The topological polar surface area (TPSA) is 54.5 Å². The summed E-state index contributed by atoms with van der Waals surface area (Å²) in [6.45, 7) is 4.65. The van der Waals surface area contributed by atoms with Crippen LogP contribution in [0, 0.1) is 18.8 Å². The van der Waals surface area contributed by atoms with Crippen LogP contribution in [-0.4, -0.2) is 42.2 Å². The number of hydrogen-bond acceptors (Lipinski definition) is 4. The highest BCUT2D eigenvalue weighted by molar-refractivity contribution is 5.91. The minimum atomic E-state index is -0.301. The molecule has 2 aromatic rings. The Morgan fingerprint density at radius 2 is 2.00 bits per heavy atom. The van der Waals surface area contributed by atoms with Crippen LogP contribution in [0.1, 0.15) is 36.9 Å². The van der Waals surface area contributed by atoms with Crippen LogP contribution in [0.15, 0.2) is 48.5 Å². The van der Waals surface area contributed by atoms with Gasteiger partial charge in [-0.05, 0) is 50.3 Å². The largest absolute Gasteiger partial charge is 0.369 e. The maximum absolute atomic E-state index is 13.1. The van der Waals surface area contributed by atoms with Crippen LogP contribution in [-0.2, 0) is 14.9 Å². The Kier molecular flexibility index (Phi) is 4.01. The van der Waals surface area contributed by atoms with Crippen molar-refractivity contribution >= 4 is 11.7 Å². The minimum absolute atomic E-state index is 0.0534. The lowest BCUT2D eigenvalue weighted by molar-refractivity contribution is -0.123. The van der Waals surface area contributed by atoms with E-state index in [2.05, 4.69) is 34.5 Å². The molecule has 1 aromatic carbocycles. The number of benzene rings is 1. The van der Waals surface area contributed by atoms with Gasteiger partial charge in [0.2, 0.25) is 5.91 Å². The van der Waals surface area contributed by atoms with E-state index in [0.717, 1.165) is 62.4 Å². The first kappa shape index (κ1) is 18.4. The number of pyridine rings is 1. The summed E-state index contributed by atoms with van der Waals surface area (Å²) >= 11 is 0. The molecule has 4 aliphatic rings. The van der Waals surface area contributed by atoms with Gasteiger partial charge in [0.25, 0.3) is 0 Å². The number of hydrogen-bond donors (Lipinski definition) is 1. The summed E-state index contributed by atoms with van der Waals surface area (Å²) in [7, 11) is 0. The molecule has 4 atom stereocenters. The average molecular weight is 404 g/mol. The molecule has 1 saturated carbocycles. The summed E-state index contributed by atoms with van der Waals surface area (Å²) in [6, 6.07) is 16.5. The molecule has 5 heteroatoms. The number of anilines is 1. The van der Waals surface area contributed by atoms with Crippen molar-refractivity contribution in [2.45, 2.75) is 49.7 Å². The average Bonchev–Trinajstić information content (AvgIpc) is 3.23. The van der Waals surface area contributed by atoms with Gasteiger partial charge in [-0.2, -0.15) is 0 Å². The molecule has 1 spiro atoms. The van der Waals surface area contributed by atoms with Gasteiger partial charge in [0.1, 0.15) is 5.82 Å². The van der Waals surface area contributed by atoms with Gasteiger partial charge in [-0.1, -0.05) is 36.4 Å². The third kappa shape index (κ3) is 2.71. The molecule has 0 radical (unpaired) electrons. The number of ether oxygens (including phenoxy) is 1. The van der Waals surface area contributed by atoms with E-state index in [1.165, 1.54) is 0 Å². The fraction of sp³-hybridized carbons (Fsp3) is 0.520. The van der Waals surface area contributed by atoms with Crippen LogP contribution in [0.4, 0.5) is 5.82 Å². The van der Waals surface area contributed by atoms with Crippen molar-refractivity contribution < 1.29 is 9.53 Å². The number of rotatable bonds is 5. The highest BCUT2D eigenvalue weighted by Gasteiger charge is 2.63. The van der Waals surface area contributed by atoms with E-state index in [9.17, 15) is 4.79 Å². The predicted molar refractivity (Wildman–Crippen MR) is 115 cm³/mol. The summed E-state index contributed by atoms with van der Waals surface area (Å²) in [5.74, 6) is 2.10. The number of aryl methyl sites for hydroxylation is 1. The van der Waals surface area contributed by atoms with E-state index >= 15 is 0 Å². The van der Waals surface area contributed by atoms with Crippen molar-refractivity contribution in [1.29, 1.82) is 0 Å². The zero-order valence-corrected chi connectivity index (χ0v) is 17.5. The predicted octanol–water partition coefficient (Wildman–Crippen LogP) is 3.22. The Morgan fingerprint density at radius 3 is 2.77 bits per heavy atom. The first-order chi connectivity index (χ1) is 14.6. The lowest BCUT2D eigenvalue weighted by Crippen LogP contribution is -2.44. The molecular weight excluding hydrogens is 374 g/mol. The number of nitrogens with one attached hydrogen (secondary N) is 1. The summed E-state index contributed by atoms with van der Waals surface area (Å²) in [6.07, 6.45) is 4.43. The number of aromatic nitrogens is 1. The van der Waals surface area contributed by atoms with E-state index < -0.39 is 0 Å². The van der Waals surface area contributed by atoms with Crippen molar-refractivity contribution in [3.63, 3.8) is 0 Å². The van der Waals surface area contributed by atoms with Crippen LogP contribution in [0.5, 0.6) is 0 Å². The Morgan fingerprint density at radius 1 is 1.17 bits per heavy atom. The van der Waals surface area contributed by atoms with Gasteiger partial charge in [-0.3, -0.25) is 4.79 Å². The molecule has 5 nitrogen and oxygen atoms in total. The number of nitrogens with zero attached hydrogens (tertiary/aromatic N) is 2. The molecule has 1 amide bonds. The maximum atomic E-state index is 13.1. The highest BCUT2D eigenvalue weighted by Crippen LogP contribution is 2.55. The molecule has 3 aliphatic heterocycles. The molecule has 1 N–H and O–H groups in total. The van der Waals surface area contributed by atoms with Crippen LogP contribution in [0.2, 0.25) is 0 Å². The third-order valence-corrected chi connectivity index (χ3v) is 7.99. The molecule has 0 unspecified atom stereocenters. The fourth-order valence-corrected chi connectivity index (χ4v) is 6.25. The lowest BCUT2D eigenvalue weighted by Gasteiger charge is -2.29. The standard InChI is InChI=1S/C25H29N3O2/c1-17-6-5-9-22(27-17)28-15-20-19(21-10-11-25(20,16-28)30-21)14-26-23(29)24(12-13-24)18-7-3-2-4-8-18/h2-9,19-21H,10-16H2,1H3,(H,26,29)/t19-,20+,21+,25+/m0/s1. The number of amides is 1. The summed E-state index contributed by atoms with van der Waals surface area (Å²) in [4.78, 5) is 20.3. The Hall–Kier alpha value is -2.40. The Balaban J connectivity index is 1.17. The van der Waals surface area contributed by atoms with Crippen molar-refractivity contribution in [2.75, 3.05) is 24.5 Å². The molecule has 3 saturated heterocycles. The van der Waals surface area contributed by atoms with E-state index in [-0.39, 0.29) is 23.0 Å². The Bertz CT molecular complexity index is 973. The van der Waals surface area contributed by atoms with Crippen molar-refractivity contribution in [2.24, 2.45) is 11.8 Å². The molecule has 6 rings (SSSR count). The van der Waals surface area contributed by atoms with Gasteiger partial charge >= 0.3 is 0 Å². The molecule has 1 aromatic heterocycles. The van der Waals surface area contributed by atoms with Gasteiger partial charge in [-0.25, -0.2) is 4.98 Å². The molecule has 2 bridgehead atoms. The molecule has 4 heterocycles. The van der Waals surface area contributed by atoms with Crippen LogP contribution in [0.3, 0.4) is 0 Å². The Labute approximate surface area is 177 Å². The fourth-order valence-electron chi connectivity index (χ4n) is 6.25. The second-order valence-corrected chi connectivity index (χ2v) is 9.71. The normalized spacial score (nSPS) is 32.8. The molecular formula is C25H29N3O2. The maximum Gasteiger partial charge on any atom is 0.230 e. The van der Waals surface area contributed by atoms with Crippen LogP contribution in [0.25, 0.3) is 0 Å². The van der Waals surface area contributed by atoms with Gasteiger partial charge in [0.15, 0.2) is 0 Å². The monoisotopic (exact) mass is 403 g/mol. The minimum Gasteiger partial charge on any atom is -0.369 e. The number of carbonyl (C=O) groups excluding carboxylic acids is 1. The quantitative estimate of drug-likeness (QED) is 0.833. The van der Waals surface area contributed by atoms with Crippen molar-refractivity contribution in [3.8, 4) is 0 Å². The summed E-state index contributed by atoms with van der Waals surface area (Å²) < 4.78 is 6.58. The number of carbonyl (C=O) groups is 1. The number of fused-ring (bicyclic) bond motifs is 1. The molecule has 4 fully saturated rings. The van der Waals surface area contributed by atoms with Gasteiger partial charge < -0.3 is 15.0 Å². The van der Waals surface area contributed by atoms with Crippen LogP contribution >= 0.6 is 0 Å². The highest BCUT2D eigenvalue weighted by atomic mass is 16.5. The summed E-state index contributed by atoms with van der Waals surface area (Å²) in [5, 5.41) is 3.33. The van der Waals surface area contributed by atoms with Gasteiger partial charge in [0, 0.05) is 37.2 Å². The van der Waals surface area contributed by atoms with E-state index in [1.807, 2.05) is 31.2 Å². The van der Waals surface area contributed by atoms with Crippen LogP contribution < -0.4 is 10.2 Å². The lowest BCUT2D eigenvalue weighted by atomic mass is 9.73. The smallest absolute Gasteiger partial charge is 0.230 e. The van der Waals surface area contributed by atoms with E-state index in [1.54, 1.807) is 0 Å². The van der Waals surface area contributed by atoms with E-state index in [4.69, 9.17) is 9.72 Å². The first-order valence-corrected chi connectivity index (χ1v) is 11.3. The molecule has 30 heavy (non-hydrogen) atoms. The first-order valence-electron chi connectivity index (χ1n) is 11.3. The van der Waals surface area contributed by atoms with Crippen molar-refractivity contribution in [1.82, 2.24) is 10.3 Å². The molecule has 156 valence electrons. The zero-order valence-electron chi connectivity index (χ0n) is 17.5. The van der Waals surface area contributed by atoms with E-state index in [0.29, 0.717) is 11.8 Å². The summed E-state index contributed by atoms with van der Waals surface area (Å²) in [5.41, 5.74) is 1.85. The third-order valence-electron chi connectivity index (χ3n) is 7.99. The van der Waals surface area contributed by atoms with Gasteiger partial charge in [0.05, 0.1) is 17.1 Å². The SMILES string of the molecule is Cc1cccc(N2C[C@@H]3[C@H](CNC(=O)C4(c5ccccc5)CC4)[C@H]4CC[C@]3(C2)O4)n1.